The molecule has 0 aliphatic carbocycles. The molecular formula is C13H20ClN3O2. The molecule has 106 valence electrons. The van der Waals surface area contributed by atoms with E-state index in [0.29, 0.717) is 12.2 Å². The summed E-state index contributed by atoms with van der Waals surface area (Å²) in [4.78, 5) is 17.5. The third kappa shape index (κ3) is 5.55. The van der Waals surface area contributed by atoms with Gasteiger partial charge in [-0.3, -0.25) is 4.79 Å². The van der Waals surface area contributed by atoms with Gasteiger partial charge in [0, 0.05) is 5.69 Å². The lowest BCUT2D eigenvalue weighted by Crippen LogP contribution is -3.14. The molecule has 2 N–H and O–H groups in total. The van der Waals surface area contributed by atoms with Crippen molar-refractivity contribution in [1.82, 2.24) is 4.98 Å². The van der Waals surface area contributed by atoms with Gasteiger partial charge in [-0.25, -0.2) is 4.98 Å². The molecule has 0 radical (unpaired) electrons. The van der Waals surface area contributed by atoms with E-state index >= 15 is 0 Å². The fourth-order valence-corrected chi connectivity index (χ4v) is 2.02. The number of halogens is 1. The number of quaternary nitrogens is 1. The van der Waals surface area contributed by atoms with Crippen molar-refractivity contribution in [1.29, 1.82) is 0 Å². The van der Waals surface area contributed by atoms with Crippen LogP contribution in [0.3, 0.4) is 0 Å². The number of carbonyl (C=O) groups excluding carboxylic acids is 1. The van der Waals surface area contributed by atoms with Crippen LogP contribution < -0.4 is 22.6 Å². The Bertz CT molecular complexity index is 409. The number of aromatic nitrogens is 1. The number of nitrogens with zero attached hydrogens (tertiary/aromatic N) is 1. The molecule has 6 heteroatoms. The van der Waals surface area contributed by atoms with Crippen LogP contribution in [0.25, 0.3) is 0 Å². The number of hydrogen-bond donors (Lipinski definition) is 2. The van der Waals surface area contributed by atoms with Crippen LogP contribution in [0.15, 0.2) is 18.2 Å². The first-order valence-corrected chi connectivity index (χ1v) is 6.39. The summed E-state index contributed by atoms with van der Waals surface area (Å²) in [5.74, 6) is 0.670. The Morgan fingerprint density at radius 1 is 1.42 bits per heavy atom. The van der Waals surface area contributed by atoms with Gasteiger partial charge in [0.15, 0.2) is 0 Å². The van der Waals surface area contributed by atoms with Gasteiger partial charge in [-0.1, -0.05) is 6.07 Å². The molecule has 1 saturated heterocycles. The van der Waals surface area contributed by atoms with E-state index in [-0.39, 0.29) is 18.3 Å². The van der Waals surface area contributed by atoms with Gasteiger partial charge in [-0.05, 0) is 19.1 Å². The number of amides is 1. The molecular weight excluding hydrogens is 266 g/mol. The van der Waals surface area contributed by atoms with Crippen molar-refractivity contribution >= 4 is 11.7 Å². The molecule has 1 aromatic rings. The maximum absolute atomic E-state index is 11.8. The number of hydrogen-bond acceptors (Lipinski definition) is 3. The van der Waals surface area contributed by atoms with Crippen molar-refractivity contribution in [2.45, 2.75) is 13.3 Å². The van der Waals surface area contributed by atoms with Crippen LogP contribution in [0.1, 0.15) is 12.1 Å². The van der Waals surface area contributed by atoms with E-state index in [9.17, 15) is 4.79 Å². The number of rotatable bonds is 4. The monoisotopic (exact) mass is 285 g/mol. The van der Waals surface area contributed by atoms with Crippen LogP contribution in [0.4, 0.5) is 5.82 Å². The standard InChI is InChI=1S/C13H19N3O2.ClH/c1-11-3-2-4-12(14-11)15-13(17)5-6-16-7-9-18-10-8-16;/h2-4H,5-10H2,1H3,(H,14,15,17);1H. The first-order valence-electron chi connectivity index (χ1n) is 6.39. The van der Waals surface area contributed by atoms with Crippen LogP contribution in [0.2, 0.25) is 0 Å². The lowest BCUT2D eigenvalue weighted by atomic mass is 10.3. The summed E-state index contributed by atoms with van der Waals surface area (Å²) in [6.07, 6.45) is 0.533. The first-order chi connectivity index (χ1) is 8.74. The fourth-order valence-electron chi connectivity index (χ4n) is 2.02. The van der Waals surface area contributed by atoms with E-state index in [1.54, 1.807) is 0 Å². The van der Waals surface area contributed by atoms with Crippen molar-refractivity contribution in [2.75, 3.05) is 38.2 Å². The second kappa shape index (κ2) is 8.09. The number of ether oxygens (including phenoxy) is 1. The molecule has 0 bridgehead atoms. The van der Waals surface area contributed by atoms with Gasteiger partial charge in [-0.15, -0.1) is 0 Å². The maximum atomic E-state index is 11.8. The normalized spacial score (nSPS) is 15.6. The molecule has 5 nitrogen and oxygen atoms in total. The smallest absolute Gasteiger partial charge is 0.231 e. The lowest BCUT2D eigenvalue weighted by molar-refractivity contribution is -0.907. The highest BCUT2D eigenvalue weighted by molar-refractivity contribution is 5.89. The zero-order valence-corrected chi connectivity index (χ0v) is 11.9. The second-order valence-corrected chi connectivity index (χ2v) is 4.57. The van der Waals surface area contributed by atoms with Gasteiger partial charge in [0.2, 0.25) is 5.91 Å². The number of pyridine rings is 1. The van der Waals surface area contributed by atoms with Gasteiger partial charge in [0.25, 0.3) is 0 Å². The molecule has 0 unspecified atom stereocenters. The van der Waals surface area contributed by atoms with Crippen LogP contribution in [-0.2, 0) is 9.53 Å². The number of nitrogens with one attached hydrogen (secondary N) is 2. The van der Waals surface area contributed by atoms with E-state index in [4.69, 9.17) is 4.74 Å². The zero-order chi connectivity index (χ0) is 12.8. The Kier molecular flexibility index (Phi) is 6.77. The molecule has 19 heavy (non-hydrogen) atoms. The van der Waals surface area contributed by atoms with E-state index in [1.165, 1.54) is 4.90 Å². The Morgan fingerprint density at radius 2 is 2.16 bits per heavy atom. The van der Waals surface area contributed by atoms with Crippen molar-refractivity contribution in [3.8, 4) is 0 Å². The van der Waals surface area contributed by atoms with Crippen molar-refractivity contribution in [3.63, 3.8) is 0 Å². The highest BCUT2D eigenvalue weighted by atomic mass is 35.5. The molecule has 1 fully saturated rings. The Balaban J connectivity index is 0.00000180. The molecule has 0 spiro atoms. The van der Waals surface area contributed by atoms with E-state index in [0.717, 1.165) is 38.5 Å². The minimum atomic E-state index is 0. The van der Waals surface area contributed by atoms with Crippen LogP contribution in [0.5, 0.6) is 0 Å². The van der Waals surface area contributed by atoms with E-state index < -0.39 is 0 Å². The summed E-state index contributed by atoms with van der Waals surface area (Å²) in [5.41, 5.74) is 0.909. The maximum Gasteiger partial charge on any atom is 0.231 e. The highest BCUT2D eigenvalue weighted by Crippen LogP contribution is 2.03. The summed E-state index contributed by atoms with van der Waals surface area (Å²) in [7, 11) is 0. The number of anilines is 1. The van der Waals surface area contributed by atoms with Gasteiger partial charge < -0.3 is 27.4 Å². The molecule has 0 saturated carbocycles. The van der Waals surface area contributed by atoms with Crippen molar-refractivity contribution < 1.29 is 26.8 Å². The quantitative estimate of drug-likeness (QED) is 0.608. The summed E-state index contributed by atoms with van der Waals surface area (Å²) in [6.45, 7) is 6.37. The molecule has 2 rings (SSSR count). The number of aryl methyl sites for hydroxylation is 1. The topological polar surface area (TPSA) is 55.7 Å². The zero-order valence-electron chi connectivity index (χ0n) is 11.1. The molecule has 0 atom stereocenters. The largest absolute Gasteiger partial charge is 1.00 e. The summed E-state index contributed by atoms with van der Waals surface area (Å²) < 4.78 is 5.28. The Hall–Kier alpha value is -1.17. The average Bonchev–Trinajstić information content (AvgIpc) is 2.38. The molecule has 1 aromatic heterocycles. The molecule has 1 aliphatic rings. The minimum absolute atomic E-state index is 0. The summed E-state index contributed by atoms with van der Waals surface area (Å²) in [5, 5.41) is 2.83. The van der Waals surface area contributed by atoms with Crippen molar-refractivity contribution in [2.24, 2.45) is 0 Å². The van der Waals surface area contributed by atoms with Gasteiger partial charge in [0.05, 0.1) is 26.2 Å². The third-order valence-electron chi connectivity index (χ3n) is 3.06. The first kappa shape index (κ1) is 15.9. The summed E-state index contributed by atoms with van der Waals surface area (Å²) >= 11 is 0. The van der Waals surface area contributed by atoms with Crippen LogP contribution in [0, 0.1) is 6.92 Å². The molecule has 1 amide bonds. The average molecular weight is 286 g/mol. The van der Waals surface area contributed by atoms with Crippen molar-refractivity contribution in [3.05, 3.63) is 23.9 Å². The van der Waals surface area contributed by atoms with E-state index in [1.807, 2.05) is 25.1 Å². The van der Waals surface area contributed by atoms with Gasteiger partial charge in [-0.2, -0.15) is 0 Å². The van der Waals surface area contributed by atoms with Crippen LogP contribution >= 0.6 is 0 Å². The van der Waals surface area contributed by atoms with Gasteiger partial charge in [0.1, 0.15) is 18.9 Å². The van der Waals surface area contributed by atoms with Crippen LogP contribution in [-0.4, -0.2) is 43.7 Å². The molecule has 2 heterocycles. The second-order valence-electron chi connectivity index (χ2n) is 4.57. The third-order valence-corrected chi connectivity index (χ3v) is 3.06. The predicted molar refractivity (Wildman–Crippen MR) is 68.6 cm³/mol. The lowest BCUT2D eigenvalue weighted by Gasteiger charge is -2.23. The summed E-state index contributed by atoms with van der Waals surface area (Å²) in [6, 6.07) is 5.62. The SMILES string of the molecule is Cc1cccc(NC(=O)CC[NH+]2CCOCC2)n1.[Cl-]. The molecule has 1 aliphatic heterocycles. The minimum Gasteiger partial charge on any atom is -1.00 e. The Labute approximate surface area is 119 Å². The van der Waals surface area contributed by atoms with E-state index in [2.05, 4.69) is 10.3 Å². The highest BCUT2D eigenvalue weighted by Gasteiger charge is 2.15. The number of carbonyl (C=O) groups is 1. The fraction of sp³-hybridized carbons (Fsp3) is 0.538. The Morgan fingerprint density at radius 3 is 2.84 bits per heavy atom. The molecule has 0 aromatic carbocycles. The number of morpholine rings is 1. The predicted octanol–water partition coefficient (Wildman–Crippen LogP) is -3.36. The van der Waals surface area contributed by atoms with Gasteiger partial charge >= 0.3 is 0 Å².